The molecule has 0 fully saturated rings. The number of benzene rings is 1. The second-order valence-electron chi connectivity index (χ2n) is 3.99. The van der Waals surface area contributed by atoms with E-state index < -0.39 is 0 Å². The van der Waals surface area contributed by atoms with Crippen LogP contribution in [0, 0.1) is 0 Å². The molecule has 0 radical (unpaired) electrons. The van der Waals surface area contributed by atoms with Crippen molar-refractivity contribution in [1.29, 1.82) is 0 Å². The zero-order valence-electron chi connectivity index (χ0n) is 9.97. The first-order chi connectivity index (χ1) is 9.33. The third-order valence-electron chi connectivity index (χ3n) is 2.72. The Morgan fingerprint density at radius 1 is 1.21 bits per heavy atom. The predicted octanol–water partition coefficient (Wildman–Crippen LogP) is 4.31. The Bertz CT molecular complexity index is 662. The Morgan fingerprint density at radius 3 is 2.89 bits per heavy atom. The van der Waals surface area contributed by atoms with E-state index in [4.69, 9.17) is 8.83 Å². The molecule has 0 aliphatic heterocycles. The van der Waals surface area contributed by atoms with Gasteiger partial charge in [-0.1, -0.05) is 12.1 Å². The lowest BCUT2D eigenvalue weighted by molar-refractivity contribution is 0.516. The van der Waals surface area contributed by atoms with Crippen LogP contribution in [0.15, 0.2) is 62.5 Å². The van der Waals surface area contributed by atoms with Crippen molar-refractivity contribution in [2.75, 3.05) is 5.32 Å². The monoisotopic (exact) mass is 318 g/mol. The van der Waals surface area contributed by atoms with Gasteiger partial charge in [0.05, 0.1) is 23.5 Å². The lowest BCUT2D eigenvalue weighted by atomic mass is 10.1. The Balaban J connectivity index is 1.75. The molecular formula is C14H11BrN2O2. The van der Waals surface area contributed by atoms with Crippen LogP contribution in [0.25, 0.3) is 11.3 Å². The summed E-state index contributed by atoms with van der Waals surface area (Å²) in [6.45, 7) is 0.618. The molecule has 0 spiro atoms. The van der Waals surface area contributed by atoms with Crippen molar-refractivity contribution in [3.8, 4) is 11.3 Å². The number of furan rings is 1. The number of hydrogen-bond donors (Lipinski definition) is 1. The first-order valence-electron chi connectivity index (χ1n) is 5.77. The molecule has 0 atom stereocenters. The molecule has 3 aromatic rings. The molecule has 2 heterocycles. The maximum absolute atomic E-state index is 5.35. The highest BCUT2D eigenvalue weighted by Gasteiger charge is 2.05. The molecule has 1 aromatic carbocycles. The Morgan fingerprint density at radius 2 is 2.16 bits per heavy atom. The first kappa shape index (κ1) is 12.0. The van der Waals surface area contributed by atoms with E-state index in [1.165, 1.54) is 6.39 Å². The van der Waals surface area contributed by atoms with E-state index in [-0.39, 0.29) is 0 Å². The minimum Gasteiger partial charge on any atom is -0.466 e. The molecule has 0 unspecified atom stereocenters. The Hall–Kier alpha value is -2.01. The van der Waals surface area contributed by atoms with Gasteiger partial charge in [-0.25, -0.2) is 4.98 Å². The molecule has 0 aliphatic rings. The third kappa shape index (κ3) is 2.71. The molecule has 0 aliphatic carbocycles. The molecule has 4 nitrogen and oxygen atoms in total. The summed E-state index contributed by atoms with van der Waals surface area (Å²) in [6.07, 6.45) is 4.78. The van der Waals surface area contributed by atoms with Gasteiger partial charge in [0, 0.05) is 11.3 Å². The quantitative estimate of drug-likeness (QED) is 0.778. The second-order valence-corrected chi connectivity index (χ2v) is 4.85. The van der Waals surface area contributed by atoms with Gasteiger partial charge in [-0.15, -0.1) is 0 Å². The van der Waals surface area contributed by atoms with Gasteiger partial charge in [-0.2, -0.15) is 0 Å². The second kappa shape index (κ2) is 5.32. The van der Waals surface area contributed by atoms with Gasteiger partial charge >= 0.3 is 0 Å². The van der Waals surface area contributed by atoms with Crippen molar-refractivity contribution >= 4 is 21.6 Å². The van der Waals surface area contributed by atoms with Crippen molar-refractivity contribution in [2.45, 2.75) is 6.54 Å². The van der Waals surface area contributed by atoms with Crippen molar-refractivity contribution in [2.24, 2.45) is 0 Å². The summed E-state index contributed by atoms with van der Waals surface area (Å²) in [5.74, 6) is 1.62. The number of oxazole rings is 1. The van der Waals surface area contributed by atoms with E-state index in [1.807, 2.05) is 30.3 Å². The number of halogens is 1. The fraction of sp³-hybridized carbons (Fsp3) is 0.0714. The van der Waals surface area contributed by atoms with Crippen LogP contribution in [0.1, 0.15) is 5.76 Å². The number of rotatable bonds is 4. The first-order valence-corrected chi connectivity index (χ1v) is 6.57. The summed E-state index contributed by atoms with van der Waals surface area (Å²) in [4.78, 5) is 3.92. The average Bonchev–Trinajstić information content (AvgIpc) is 3.08. The van der Waals surface area contributed by atoms with E-state index >= 15 is 0 Å². The zero-order valence-corrected chi connectivity index (χ0v) is 11.6. The third-order valence-corrected chi connectivity index (χ3v) is 3.43. The molecule has 2 aromatic heterocycles. The SMILES string of the molecule is Brc1ccoc1CNc1cccc(-c2cnco2)c1. The number of nitrogens with zero attached hydrogens (tertiary/aromatic N) is 1. The van der Waals surface area contributed by atoms with E-state index in [0.717, 1.165) is 27.2 Å². The van der Waals surface area contributed by atoms with Crippen molar-refractivity contribution < 1.29 is 8.83 Å². The van der Waals surface area contributed by atoms with Gasteiger partial charge in [-0.3, -0.25) is 0 Å². The van der Waals surface area contributed by atoms with Crippen LogP contribution in [-0.2, 0) is 6.54 Å². The molecule has 0 bridgehead atoms. The van der Waals surface area contributed by atoms with E-state index in [1.54, 1.807) is 12.5 Å². The zero-order chi connectivity index (χ0) is 13.1. The number of anilines is 1. The summed E-state index contributed by atoms with van der Waals surface area (Å²) in [6, 6.07) is 9.84. The fourth-order valence-electron chi connectivity index (χ4n) is 1.77. The minimum absolute atomic E-state index is 0.618. The number of nitrogens with one attached hydrogen (secondary N) is 1. The smallest absolute Gasteiger partial charge is 0.181 e. The van der Waals surface area contributed by atoms with Gasteiger partial charge in [0.15, 0.2) is 12.2 Å². The summed E-state index contributed by atoms with van der Waals surface area (Å²) in [7, 11) is 0. The molecule has 96 valence electrons. The van der Waals surface area contributed by atoms with Crippen molar-refractivity contribution in [1.82, 2.24) is 4.98 Å². The topological polar surface area (TPSA) is 51.2 Å². The lowest BCUT2D eigenvalue weighted by Gasteiger charge is -2.06. The van der Waals surface area contributed by atoms with E-state index in [2.05, 4.69) is 26.2 Å². The summed E-state index contributed by atoms with van der Waals surface area (Å²) in [5, 5.41) is 3.30. The van der Waals surface area contributed by atoms with Crippen LogP contribution in [0.5, 0.6) is 0 Å². The molecule has 0 saturated carbocycles. The maximum Gasteiger partial charge on any atom is 0.181 e. The van der Waals surface area contributed by atoms with Crippen LogP contribution < -0.4 is 5.32 Å². The largest absolute Gasteiger partial charge is 0.466 e. The van der Waals surface area contributed by atoms with Gasteiger partial charge in [-0.05, 0) is 34.1 Å². The van der Waals surface area contributed by atoms with Crippen molar-refractivity contribution in [3.05, 3.63) is 59.4 Å². The van der Waals surface area contributed by atoms with Crippen LogP contribution in [-0.4, -0.2) is 4.98 Å². The average molecular weight is 319 g/mol. The van der Waals surface area contributed by atoms with Gasteiger partial charge in [0.25, 0.3) is 0 Å². The van der Waals surface area contributed by atoms with Crippen LogP contribution in [0.3, 0.4) is 0 Å². The van der Waals surface area contributed by atoms with Crippen LogP contribution in [0.4, 0.5) is 5.69 Å². The highest BCUT2D eigenvalue weighted by Crippen LogP contribution is 2.23. The van der Waals surface area contributed by atoms with E-state index in [0.29, 0.717) is 6.54 Å². The fourth-order valence-corrected chi connectivity index (χ4v) is 2.12. The van der Waals surface area contributed by atoms with Gasteiger partial charge in [0.1, 0.15) is 5.76 Å². The Labute approximate surface area is 118 Å². The Kier molecular flexibility index (Phi) is 3.37. The summed E-state index contributed by atoms with van der Waals surface area (Å²) >= 11 is 3.43. The predicted molar refractivity (Wildman–Crippen MR) is 75.7 cm³/mol. The summed E-state index contributed by atoms with van der Waals surface area (Å²) < 4.78 is 11.6. The molecule has 0 saturated heterocycles. The van der Waals surface area contributed by atoms with Gasteiger partial charge in [0.2, 0.25) is 0 Å². The normalized spacial score (nSPS) is 10.6. The highest BCUT2D eigenvalue weighted by atomic mass is 79.9. The standard InChI is InChI=1S/C14H11BrN2O2/c15-12-4-5-18-14(12)8-17-11-3-1-2-10(6-11)13-7-16-9-19-13/h1-7,9,17H,8H2. The number of aromatic nitrogens is 1. The lowest BCUT2D eigenvalue weighted by Crippen LogP contribution is -1.98. The molecule has 1 N–H and O–H groups in total. The molecule has 19 heavy (non-hydrogen) atoms. The molecular weight excluding hydrogens is 308 g/mol. The van der Waals surface area contributed by atoms with Crippen LogP contribution in [0.2, 0.25) is 0 Å². The number of hydrogen-bond acceptors (Lipinski definition) is 4. The van der Waals surface area contributed by atoms with Crippen LogP contribution >= 0.6 is 15.9 Å². The van der Waals surface area contributed by atoms with E-state index in [9.17, 15) is 0 Å². The maximum atomic E-state index is 5.35. The molecule has 3 rings (SSSR count). The molecule has 0 amide bonds. The van der Waals surface area contributed by atoms with Gasteiger partial charge < -0.3 is 14.2 Å². The minimum atomic E-state index is 0.618. The summed E-state index contributed by atoms with van der Waals surface area (Å²) in [5.41, 5.74) is 1.98. The highest BCUT2D eigenvalue weighted by molar-refractivity contribution is 9.10. The molecule has 5 heteroatoms. The van der Waals surface area contributed by atoms with Crippen molar-refractivity contribution in [3.63, 3.8) is 0 Å².